The van der Waals surface area contributed by atoms with Crippen molar-refractivity contribution in [2.45, 2.75) is 6.42 Å². The van der Waals surface area contributed by atoms with Gasteiger partial charge in [0, 0.05) is 32.7 Å². The van der Waals surface area contributed by atoms with Gasteiger partial charge >= 0.3 is 0 Å². The van der Waals surface area contributed by atoms with Gasteiger partial charge in [0.25, 0.3) is 0 Å². The molecule has 0 bridgehead atoms. The molecular formula is C8H9NY-2. The first-order valence-corrected chi connectivity index (χ1v) is 3.03. The van der Waals surface area contributed by atoms with Crippen molar-refractivity contribution in [3.05, 3.63) is 41.6 Å². The smallest absolute Gasteiger partial charge is 0 e. The molecule has 0 fully saturated rings. The average molecular weight is 208 g/mol. The molecule has 0 aliphatic rings. The Hall–Kier alpha value is 0.284. The van der Waals surface area contributed by atoms with E-state index in [0.717, 1.165) is 12.0 Å². The van der Waals surface area contributed by atoms with Crippen molar-refractivity contribution >= 4 is 0 Å². The maximum Gasteiger partial charge on any atom is 0 e. The molecule has 0 spiro atoms. The first-order valence-electron chi connectivity index (χ1n) is 3.03. The summed E-state index contributed by atoms with van der Waals surface area (Å²) in [7, 11) is 0. The zero-order valence-electron chi connectivity index (χ0n) is 5.80. The van der Waals surface area contributed by atoms with Crippen LogP contribution in [-0.4, -0.2) is 6.54 Å². The molecule has 1 nitrogen and oxygen atoms in total. The van der Waals surface area contributed by atoms with Crippen molar-refractivity contribution in [1.82, 2.24) is 0 Å². The van der Waals surface area contributed by atoms with Crippen molar-refractivity contribution in [3.8, 4) is 0 Å². The summed E-state index contributed by atoms with van der Waals surface area (Å²) in [5.41, 5.74) is 8.05. The van der Waals surface area contributed by atoms with Crippen molar-refractivity contribution < 1.29 is 32.7 Å². The van der Waals surface area contributed by atoms with Gasteiger partial charge in [0.1, 0.15) is 0 Å². The SMILES string of the molecule is [NH-]CCc1[c-]cccc1.[Y]. The molecule has 0 aliphatic carbocycles. The molecule has 1 rings (SSSR count). The molecule has 1 radical (unpaired) electrons. The van der Waals surface area contributed by atoms with Crippen LogP contribution in [0.5, 0.6) is 0 Å². The van der Waals surface area contributed by atoms with Crippen LogP contribution in [0.1, 0.15) is 5.56 Å². The van der Waals surface area contributed by atoms with Gasteiger partial charge in [0.15, 0.2) is 0 Å². The summed E-state index contributed by atoms with van der Waals surface area (Å²) < 4.78 is 0. The quantitative estimate of drug-likeness (QED) is 0.664. The maximum atomic E-state index is 6.92. The second-order valence-corrected chi connectivity index (χ2v) is 1.89. The molecule has 0 heterocycles. The second-order valence-electron chi connectivity index (χ2n) is 1.89. The van der Waals surface area contributed by atoms with E-state index in [4.69, 9.17) is 5.73 Å². The van der Waals surface area contributed by atoms with Crippen LogP contribution in [0.2, 0.25) is 0 Å². The summed E-state index contributed by atoms with van der Waals surface area (Å²) in [6, 6.07) is 10.8. The van der Waals surface area contributed by atoms with Gasteiger partial charge in [0.05, 0.1) is 0 Å². The van der Waals surface area contributed by atoms with E-state index in [1.54, 1.807) is 0 Å². The van der Waals surface area contributed by atoms with Crippen LogP contribution in [0.15, 0.2) is 24.3 Å². The fraction of sp³-hybridized carbons (Fsp3) is 0.250. The molecule has 0 aliphatic heterocycles. The molecule has 0 saturated heterocycles. The minimum Gasteiger partial charge on any atom is -0.677 e. The Morgan fingerprint density at radius 1 is 1.40 bits per heavy atom. The average Bonchev–Trinajstić information content (AvgIpc) is 1.91. The standard InChI is InChI=1S/C8H9N.Y/c9-7-6-8-4-2-1-3-5-8;/h1-4,9H,6-7H2;/q-2;. The summed E-state index contributed by atoms with van der Waals surface area (Å²) in [6.45, 7) is 0.459. The van der Waals surface area contributed by atoms with E-state index in [9.17, 15) is 0 Å². The van der Waals surface area contributed by atoms with Gasteiger partial charge in [-0.3, -0.25) is 0 Å². The van der Waals surface area contributed by atoms with Crippen molar-refractivity contribution in [3.63, 3.8) is 0 Å². The maximum absolute atomic E-state index is 6.92. The third-order valence-corrected chi connectivity index (χ3v) is 1.17. The van der Waals surface area contributed by atoms with Gasteiger partial charge in [-0.05, 0) is 0 Å². The van der Waals surface area contributed by atoms with Gasteiger partial charge < -0.3 is 5.73 Å². The van der Waals surface area contributed by atoms with Crippen LogP contribution in [0, 0.1) is 6.07 Å². The molecule has 1 aromatic rings. The van der Waals surface area contributed by atoms with E-state index in [0.29, 0.717) is 6.54 Å². The van der Waals surface area contributed by atoms with E-state index < -0.39 is 0 Å². The Balaban J connectivity index is 0.000000810. The van der Waals surface area contributed by atoms with Crippen LogP contribution in [0.25, 0.3) is 5.73 Å². The zero-order chi connectivity index (χ0) is 6.53. The van der Waals surface area contributed by atoms with Crippen molar-refractivity contribution in [1.29, 1.82) is 0 Å². The summed E-state index contributed by atoms with van der Waals surface area (Å²) in [5.74, 6) is 0. The topological polar surface area (TPSA) is 23.8 Å². The van der Waals surface area contributed by atoms with Crippen LogP contribution in [-0.2, 0) is 39.1 Å². The van der Waals surface area contributed by atoms with Crippen LogP contribution in [0.4, 0.5) is 0 Å². The molecule has 0 unspecified atom stereocenters. The summed E-state index contributed by atoms with van der Waals surface area (Å²) in [4.78, 5) is 0. The van der Waals surface area contributed by atoms with E-state index in [1.807, 2.05) is 24.3 Å². The first kappa shape index (κ1) is 10.3. The zero-order valence-corrected chi connectivity index (χ0v) is 8.64. The number of benzene rings is 1. The van der Waals surface area contributed by atoms with Gasteiger partial charge in [-0.1, -0.05) is 6.42 Å². The first-order chi connectivity index (χ1) is 4.43. The monoisotopic (exact) mass is 208 g/mol. The summed E-state index contributed by atoms with van der Waals surface area (Å²) >= 11 is 0. The predicted octanol–water partition coefficient (Wildman–Crippen LogP) is 2.08. The fourth-order valence-electron chi connectivity index (χ4n) is 0.721. The minimum atomic E-state index is 0. The Morgan fingerprint density at radius 3 is 2.70 bits per heavy atom. The molecule has 2 heteroatoms. The molecule has 0 amide bonds. The number of hydrogen-bond acceptors (Lipinski definition) is 0. The van der Waals surface area contributed by atoms with Gasteiger partial charge in [-0.2, -0.15) is 35.9 Å². The van der Waals surface area contributed by atoms with E-state index in [2.05, 4.69) is 6.07 Å². The van der Waals surface area contributed by atoms with Crippen LogP contribution < -0.4 is 0 Å². The number of hydrogen-bond donors (Lipinski definition) is 0. The van der Waals surface area contributed by atoms with Crippen LogP contribution in [0.3, 0.4) is 0 Å². The Kier molecular flexibility index (Phi) is 6.20. The van der Waals surface area contributed by atoms with Crippen molar-refractivity contribution in [2.75, 3.05) is 6.54 Å². The van der Waals surface area contributed by atoms with E-state index in [-0.39, 0.29) is 32.7 Å². The molecule has 0 aromatic heterocycles. The minimum absolute atomic E-state index is 0. The van der Waals surface area contributed by atoms with Crippen molar-refractivity contribution in [2.24, 2.45) is 0 Å². The normalized spacial score (nSPS) is 8.50. The number of nitrogens with one attached hydrogen (secondary N) is 1. The van der Waals surface area contributed by atoms with Crippen LogP contribution >= 0.6 is 0 Å². The Labute approximate surface area is 86.9 Å². The third-order valence-electron chi connectivity index (χ3n) is 1.17. The fourth-order valence-corrected chi connectivity index (χ4v) is 0.721. The largest absolute Gasteiger partial charge is 0.677 e. The molecule has 0 saturated carbocycles. The molecule has 10 heavy (non-hydrogen) atoms. The predicted molar refractivity (Wildman–Crippen MR) is 38.2 cm³/mol. The number of rotatable bonds is 2. The van der Waals surface area contributed by atoms with E-state index >= 15 is 0 Å². The van der Waals surface area contributed by atoms with Gasteiger partial charge in [-0.25, -0.2) is 0 Å². The van der Waals surface area contributed by atoms with Gasteiger partial charge in [0.2, 0.25) is 0 Å². The summed E-state index contributed by atoms with van der Waals surface area (Å²) in [6.07, 6.45) is 0.820. The molecule has 1 aromatic carbocycles. The third kappa shape index (κ3) is 3.45. The molecular weight excluding hydrogens is 199 g/mol. The Bertz CT molecular complexity index is 162. The van der Waals surface area contributed by atoms with Gasteiger partial charge in [-0.15, -0.1) is 6.54 Å². The Morgan fingerprint density at radius 2 is 2.20 bits per heavy atom. The molecule has 51 valence electrons. The molecule has 1 N–H and O–H groups in total. The second kappa shape index (κ2) is 6.02. The molecule has 0 atom stereocenters. The summed E-state index contributed by atoms with van der Waals surface area (Å²) in [5, 5.41) is 0. The van der Waals surface area contributed by atoms with E-state index in [1.165, 1.54) is 0 Å².